The minimum absolute atomic E-state index is 0.0193. The molecule has 0 radical (unpaired) electrons. The van der Waals surface area contributed by atoms with Crippen molar-refractivity contribution in [2.75, 3.05) is 45.0 Å². The molecule has 0 saturated carbocycles. The van der Waals surface area contributed by atoms with E-state index >= 15 is 4.39 Å². The summed E-state index contributed by atoms with van der Waals surface area (Å²) in [4.78, 5) is 101. The SMILES string of the molecule is COC[C@H]1[C@@H](O)[C@H](n2c[n+](C)c3c(=O)[nH]c(N)nc32)O[C@@H]1COP(=O)(O)OP(=O)(O)OP(=O)(O)OC[C@H]1O[C@@H](n2cnc3c(N)ncnc32)[C@H](F)[C@@H]1OP(=O)([O-])OC[C@H]1O[C@@H](n2ccc(=O)[nH]c2=O)[C@H](O)[C@@H]1O. The molecule has 5 aromatic heterocycles. The van der Waals surface area contributed by atoms with Gasteiger partial charge in [0.15, 0.2) is 30.1 Å². The number of alkyl halides is 1. The van der Waals surface area contributed by atoms with Crippen LogP contribution in [-0.4, -0.2) is 156 Å². The van der Waals surface area contributed by atoms with Gasteiger partial charge in [0.25, 0.3) is 24.5 Å². The number of aromatic amines is 2. The molecule has 0 aromatic carbocycles. The van der Waals surface area contributed by atoms with Gasteiger partial charge in [-0.2, -0.15) is 18.2 Å². The van der Waals surface area contributed by atoms with Gasteiger partial charge in [-0.05, 0) is 0 Å². The average molecular weight is 1120 g/mol. The smallest absolute Gasteiger partial charge is 0.490 e. The summed E-state index contributed by atoms with van der Waals surface area (Å²) in [5, 5.41) is 32.3. The first-order chi connectivity index (χ1) is 34.2. The van der Waals surface area contributed by atoms with Gasteiger partial charge in [0.1, 0.15) is 48.5 Å². The fourth-order valence-electron chi connectivity index (χ4n) is 8.00. The number of hydrogen-bond donors (Lipinski definition) is 10. The Kier molecular flexibility index (Phi) is 15.6. The van der Waals surface area contributed by atoms with E-state index in [1.165, 1.54) is 29.6 Å². The molecule has 0 aliphatic carbocycles. The fraction of sp³-hybridized carbons (Fsp3) is 0.562. The van der Waals surface area contributed by atoms with Crippen LogP contribution in [0.25, 0.3) is 22.3 Å². The first kappa shape index (κ1) is 54.6. The highest BCUT2D eigenvalue weighted by molar-refractivity contribution is 7.66. The molecule has 3 saturated heterocycles. The second-order valence-corrected chi connectivity index (χ2v) is 22.1. The van der Waals surface area contributed by atoms with Crippen LogP contribution in [0.15, 0.2) is 45.6 Å². The number of anilines is 2. The minimum atomic E-state index is -6.23. The molecular formula is C32H43FN12O24P4. The van der Waals surface area contributed by atoms with Crippen molar-refractivity contribution < 1.29 is 108 Å². The zero-order valence-corrected chi connectivity index (χ0v) is 40.7. The van der Waals surface area contributed by atoms with Crippen LogP contribution < -0.4 is 37.7 Å². The van der Waals surface area contributed by atoms with Crippen molar-refractivity contribution in [3.63, 3.8) is 0 Å². The van der Waals surface area contributed by atoms with Crippen LogP contribution in [0.3, 0.4) is 0 Å². The number of ether oxygens (including phenoxy) is 4. The van der Waals surface area contributed by atoms with Gasteiger partial charge < -0.3 is 74.4 Å². The summed E-state index contributed by atoms with van der Waals surface area (Å²) in [6.07, 6.45) is -16.4. The molecular weight excluding hydrogens is 1080 g/mol. The summed E-state index contributed by atoms with van der Waals surface area (Å²) >= 11 is 0. The first-order valence-electron chi connectivity index (χ1n) is 20.7. The van der Waals surface area contributed by atoms with Crippen molar-refractivity contribution in [2.24, 2.45) is 13.0 Å². The Labute approximate surface area is 404 Å². The second kappa shape index (κ2) is 20.8. The largest absolute Gasteiger partial charge is 0.756 e. The molecule has 73 heavy (non-hydrogen) atoms. The lowest BCUT2D eigenvalue weighted by Gasteiger charge is -2.30. The number of methoxy groups -OCH3 is 1. The zero-order valence-electron chi connectivity index (χ0n) is 37.1. The molecule has 3 aliphatic heterocycles. The van der Waals surface area contributed by atoms with Gasteiger partial charge in [-0.3, -0.25) is 42.3 Å². The maximum Gasteiger partial charge on any atom is 0.490 e. The zero-order chi connectivity index (χ0) is 53.1. The number of nitrogens with zero attached hydrogens (tertiary/aromatic N) is 8. The van der Waals surface area contributed by atoms with Gasteiger partial charge in [-0.15, -0.1) is 0 Å². The van der Waals surface area contributed by atoms with E-state index in [4.69, 9.17) is 48.5 Å². The number of rotatable bonds is 20. The molecule has 0 spiro atoms. The molecule has 36 nitrogen and oxygen atoms in total. The molecule has 3 aliphatic rings. The van der Waals surface area contributed by atoms with E-state index in [2.05, 4.69) is 33.5 Å². The van der Waals surface area contributed by atoms with Gasteiger partial charge in [-0.1, -0.05) is 0 Å². The summed E-state index contributed by atoms with van der Waals surface area (Å²) < 4.78 is 123. The van der Waals surface area contributed by atoms with E-state index in [0.29, 0.717) is 4.57 Å². The van der Waals surface area contributed by atoms with Crippen LogP contribution in [0.2, 0.25) is 0 Å². The highest BCUT2D eigenvalue weighted by Crippen LogP contribution is 2.68. The number of hydrogen-bond acceptors (Lipinski definition) is 27. The molecule has 0 amide bonds. The topological polar surface area (TPSA) is 510 Å². The van der Waals surface area contributed by atoms with E-state index in [1.54, 1.807) is 0 Å². The van der Waals surface area contributed by atoms with Crippen molar-refractivity contribution >= 4 is 65.4 Å². The summed E-state index contributed by atoms with van der Waals surface area (Å²) in [5.41, 5.74) is 8.73. The molecule has 8 heterocycles. The van der Waals surface area contributed by atoms with Crippen LogP contribution in [0, 0.1) is 5.92 Å². The quantitative estimate of drug-likeness (QED) is 0.0260. The Balaban J connectivity index is 0.927. The molecule has 4 unspecified atom stereocenters. The van der Waals surface area contributed by atoms with Crippen molar-refractivity contribution in [3.8, 4) is 0 Å². The van der Waals surface area contributed by atoms with Gasteiger partial charge in [-0.25, -0.2) is 42.4 Å². The number of aliphatic hydroxyl groups is 3. The Morgan fingerprint density at radius 2 is 1.42 bits per heavy atom. The Morgan fingerprint density at radius 3 is 2.10 bits per heavy atom. The van der Waals surface area contributed by atoms with Crippen molar-refractivity contribution in [1.29, 1.82) is 0 Å². The predicted octanol–water partition coefficient (Wildman–Crippen LogP) is -4.28. The van der Waals surface area contributed by atoms with Crippen LogP contribution in [0.4, 0.5) is 16.2 Å². The van der Waals surface area contributed by atoms with E-state index < -0.39 is 141 Å². The fourth-order valence-corrected chi connectivity index (χ4v) is 12.5. The summed E-state index contributed by atoms with van der Waals surface area (Å²) in [6.45, 7) is -3.87. The van der Waals surface area contributed by atoms with Crippen molar-refractivity contribution in [2.45, 2.75) is 67.6 Å². The lowest BCUT2D eigenvalue weighted by molar-refractivity contribution is -0.646. The van der Waals surface area contributed by atoms with E-state index in [-0.39, 0.29) is 40.7 Å². The number of aryl methyl sites for hydroxylation is 1. The number of halogens is 1. The highest BCUT2D eigenvalue weighted by atomic mass is 31.3. The molecule has 8 rings (SSSR count). The summed E-state index contributed by atoms with van der Waals surface area (Å²) in [6, 6.07) is 0.889. The summed E-state index contributed by atoms with van der Waals surface area (Å²) in [5.74, 6) is -1.52. The molecule has 16 atom stereocenters. The number of imidazole rings is 2. The third kappa shape index (κ3) is 11.6. The maximum atomic E-state index is 16.4. The third-order valence-electron chi connectivity index (χ3n) is 11.2. The third-order valence-corrected chi connectivity index (χ3v) is 16.4. The Bertz CT molecular complexity index is 3250. The van der Waals surface area contributed by atoms with Gasteiger partial charge in [0.05, 0.1) is 45.9 Å². The van der Waals surface area contributed by atoms with Crippen LogP contribution >= 0.6 is 31.3 Å². The molecule has 3 fully saturated rings. The van der Waals surface area contributed by atoms with Crippen LogP contribution in [-0.2, 0) is 71.0 Å². The maximum absolute atomic E-state index is 16.4. The number of phosphoric ester groups is 3. The monoisotopic (exact) mass is 1120 g/mol. The second-order valence-electron chi connectivity index (χ2n) is 16.1. The summed E-state index contributed by atoms with van der Waals surface area (Å²) in [7, 11) is -21.2. The lowest BCUT2D eigenvalue weighted by Crippen LogP contribution is -2.38. The number of nitrogens with one attached hydrogen (secondary N) is 2. The number of fused-ring (bicyclic) bond motifs is 2. The molecule has 41 heteroatoms. The van der Waals surface area contributed by atoms with Crippen molar-refractivity contribution in [3.05, 3.63) is 62.4 Å². The number of phosphoric acid groups is 4. The van der Waals surface area contributed by atoms with Crippen LogP contribution in [0.5, 0.6) is 0 Å². The first-order valence-corrected chi connectivity index (χ1v) is 26.6. The Hall–Kier alpha value is -4.65. The van der Waals surface area contributed by atoms with E-state index in [9.17, 15) is 67.5 Å². The molecule has 5 aromatic rings. The number of nitrogens with two attached hydrogens (primary N) is 2. The predicted molar refractivity (Wildman–Crippen MR) is 229 cm³/mol. The minimum Gasteiger partial charge on any atom is -0.756 e. The standard InChI is InChI=1S/C32H43FN12O24P4/c1-42-11-45(26-19(42)27(50)41-31(35)40-26)29-20(47)12(5-60-2)13(64-29)6-62-71(54,55)68-73(58,59)69-72(56,57)63-8-15-23(17(33)28(66-15)44-10-38-18-24(34)36-9-37-25(18)44)67-70(52,53)61-7-14-21(48)22(49)30(65-14)43-4-3-16(46)39-32(43)51/h3-4,9-15,17,20-23,28-30,47-49H,5-8H2,1-2H3,(H9-,34,35,36,37,39,40,41,46,50,51,52,53,54,55,56,57,58,59)/t12-,13-,14-,15-,17-,20-,21-,22-,23-,28-,29-,30-/m1/s1. The number of aromatic nitrogens is 10. The lowest BCUT2D eigenvalue weighted by atomic mass is 9.99. The Morgan fingerprint density at radius 1 is 0.795 bits per heavy atom. The number of nitrogen functional groups attached to an aromatic ring is 2. The van der Waals surface area contributed by atoms with Gasteiger partial charge >= 0.3 is 34.7 Å². The van der Waals surface area contributed by atoms with Crippen LogP contribution in [0.1, 0.15) is 18.7 Å². The average Bonchev–Trinajstić information content (AvgIpc) is 4.08. The molecule has 0 bridgehead atoms. The van der Waals surface area contributed by atoms with Gasteiger partial charge in [0.2, 0.25) is 18.5 Å². The highest BCUT2D eigenvalue weighted by Gasteiger charge is 2.53. The normalized spacial score (nSPS) is 30.9. The molecule has 402 valence electrons. The number of H-pyrrole nitrogens is 2. The van der Waals surface area contributed by atoms with E-state index in [0.717, 1.165) is 29.5 Å². The van der Waals surface area contributed by atoms with E-state index in [1.807, 2.05) is 4.98 Å². The number of aliphatic hydroxyl groups excluding tert-OH is 3. The van der Waals surface area contributed by atoms with Crippen molar-refractivity contribution in [1.82, 2.24) is 43.6 Å². The molecule has 12 N–H and O–H groups in total. The van der Waals surface area contributed by atoms with Gasteiger partial charge in [0, 0.05) is 25.3 Å².